The Morgan fingerprint density at radius 1 is 1.47 bits per heavy atom. The van der Waals surface area contributed by atoms with E-state index in [1.165, 1.54) is 23.0 Å². The van der Waals surface area contributed by atoms with Gasteiger partial charge in [0.15, 0.2) is 0 Å². The maximum Gasteiger partial charge on any atom is 0.253 e. The van der Waals surface area contributed by atoms with E-state index in [1.54, 1.807) is 19.1 Å². The highest BCUT2D eigenvalue weighted by Gasteiger charge is 2.08. The van der Waals surface area contributed by atoms with Crippen molar-refractivity contribution in [3.8, 4) is 0 Å². The van der Waals surface area contributed by atoms with E-state index in [-0.39, 0.29) is 17.9 Å². The Kier molecular flexibility index (Phi) is 3.38. The molecule has 0 atom stereocenters. The van der Waals surface area contributed by atoms with Gasteiger partial charge in [-0.05, 0) is 19.1 Å². The molecule has 0 aliphatic rings. The third-order valence-corrected chi connectivity index (χ3v) is 3.15. The molecule has 2 aromatic rings. The van der Waals surface area contributed by atoms with Crippen LogP contribution in [0.2, 0.25) is 0 Å². The van der Waals surface area contributed by atoms with E-state index in [1.807, 2.05) is 0 Å². The maximum atomic E-state index is 13.6. The highest BCUT2D eigenvalue weighted by molar-refractivity contribution is 9.10. The van der Waals surface area contributed by atoms with Crippen molar-refractivity contribution in [1.82, 2.24) is 9.55 Å². The second-order valence-corrected chi connectivity index (χ2v) is 4.55. The Morgan fingerprint density at radius 2 is 2.24 bits per heavy atom. The number of nitrogens with zero attached hydrogens (tertiary/aromatic N) is 2. The monoisotopic (exact) mass is 296 g/mol. The fourth-order valence-corrected chi connectivity index (χ4v) is 1.96. The molecule has 0 saturated heterocycles. The molecule has 0 spiro atoms. The van der Waals surface area contributed by atoms with Gasteiger partial charge in [-0.2, -0.15) is 0 Å². The average Bonchev–Trinajstić information content (AvgIpc) is 2.26. The van der Waals surface area contributed by atoms with Gasteiger partial charge in [-0.25, -0.2) is 9.37 Å². The molecule has 88 valence electrons. The molecule has 0 aliphatic carbocycles. The fraction of sp³-hybridized carbons (Fsp3) is 0.167. The first-order valence-electron chi connectivity index (χ1n) is 5.04. The van der Waals surface area contributed by atoms with Crippen LogP contribution in [0.15, 0.2) is 39.9 Å². The SMILES string of the molecule is Cc1cc(=O)n(Cc2c(F)cccc2Br)cn1. The third-order valence-electron chi connectivity index (χ3n) is 2.41. The van der Waals surface area contributed by atoms with Crippen molar-refractivity contribution >= 4 is 15.9 Å². The minimum absolute atomic E-state index is 0.166. The van der Waals surface area contributed by atoms with Crippen molar-refractivity contribution in [2.24, 2.45) is 0 Å². The standard InChI is InChI=1S/C12H10BrFN2O/c1-8-5-12(17)16(7-15-8)6-9-10(13)3-2-4-11(9)14/h2-5,7H,6H2,1H3. The number of benzene rings is 1. The molecule has 0 N–H and O–H groups in total. The minimum Gasteiger partial charge on any atom is -0.295 e. The molecule has 0 fully saturated rings. The first-order valence-corrected chi connectivity index (χ1v) is 5.83. The molecular formula is C12H10BrFN2O. The molecule has 17 heavy (non-hydrogen) atoms. The Hall–Kier alpha value is -1.49. The number of aryl methyl sites for hydroxylation is 1. The lowest BCUT2D eigenvalue weighted by Gasteiger charge is -2.08. The number of aromatic nitrogens is 2. The van der Waals surface area contributed by atoms with Gasteiger partial charge < -0.3 is 0 Å². The minimum atomic E-state index is -0.341. The predicted molar refractivity (Wildman–Crippen MR) is 66.4 cm³/mol. The van der Waals surface area contributed by atoms with E-state index in [0.717, 1.165) is 0 Å². The Bertz CT molecular complexity index is 589. The zero-order chi connectivity index (χ0) is 12.4. The van der Waals surface area contributed by atoms with Crippen LogP contribution in [0.1, 0.15) is 11.3 Å². The molecule has 0 aliphatic heterocycles. The van der Waals surface area contributed by atoms with Gasteiger partial charge in [0.1, 0.15) is 5.82 Å². The topological polar surface area (TPSA) is 34.9 Å². The Labute approximate surface area is 106 Å². The van der Waals surface area contributed by atoms with Gasteiger partial charge in [0, 0.05) is 21.8 Å². The first-order chi connectivity index (χ1) is 8.08. The molecule has 2 rings (SSSR count). The smallest absolute Gasteiger partial charge is 0.253 e. The largest absolute Gasteiger partial charge is 0.295 e. The van der Waals surface area contributed by atoms with Crippen molar-refractivity contribution < 1.29 is 4.39 Å². The highest BCUT2D eigenvalue weighted by Crippen LogP contribution is 2.19. The van der Waals surface area contributed by atoms with Crippen molar-refractivity contribution in [2.75, 3.05) is 0 Å². The van der Waals surface area contributed by atoms with Gasteiger partial charge in [-0.15, -0.1) is 0 Å². The summed E-state index contributed by atoms with van der Waals surface area (Å²) in [5.74, 6) is -0.341. The van der Waals surface area contributed by atoms with E-state index < -0.39 is 0 Å². The van der Waals surface area contributed by atoms with Crippen molar-refractivity contribution in [2.45, 2.75) is 13.5 Å². The second-order valence-electron chi connectivity index (χ2n) is 3.70. The Morgan fingerprint density at radius 3 is 2.88 bits per heavy atom. The van der Waals surface area contributed by atoms with Gasteiger partial charge >= 0.3 is 0 Å². The van der Waals surface area contributed by atoms with Gasteiger partial charge in [0.25, 0.3) is 5.56 Å². The molecule has 1 aromatic carbocycles. The van der Waals surface area contributed by atoms with Crippen LogP contribution in [0.25, 0.3) is 0 Å². The summed E-state index contributed by atoms with van der Waals surface area (Å²) in [6.07, 6.45) is 1.43. The lowest BCUT2D eigenvalue weighted by molar-refractivity contribution is 0.592. The first kappa shape index (κ1) is 12.0. The van der Waals surface area contributed by atoms with Gasteiger partial charge in [-0.3, -0.25) is 9.36 Å². The summed E-state index contributed by atoms with van der Waals surface area (Å²) in [7, 11) is 0. The van der Waals surface area contributed by atoms with Crippen LogP contribution in [-0.2, 0) is 6.54 Å². The lowest BCUT2D eigenvalue weighted by atomic mass is 10.2. The van der Waals surface area contributed by atoms with E-state index in [0.29, 0.717) is 15.7 Å². The molecule has 0 radical (unpaired) electrons. The van der Waals surface area contributed by atoms with Crippen LogP contribution >= 0.6 is 15.9 Å². The van der Waals surface area contributed by atoms with Crippen LogP contribution in [0.5, 0.6) is 0 Å². The van der Waals surface area contributed by atoms with Crippen LogP contribution in [0, 0.1) is 12.7 Å². The molecule has 1 heterocycles. The summed E-state index contributed by atoms with van der Waals surface area (Å²) in [6, 6.07) is 6.14. The number of halogens is 2. The molecule has 0 bridgehead atoms. The fourth-order valence-electron chi connectivity index (χ4n) is 1.49. The predicted octanol–water partition coefficient (Wildman–Crippen LogP) is 2.50. The summed E-state index contributed by atoms with van der Waals surface area (Å²) in [6.45, 7) is 1.91. The lowest BCUT2D eigenvalue weighted by Crippen LogP contribution is -2.21. The quantitative estimate of drug-likeness (QED) is 0.853. The normalized spacial score (nSPS) is 10.5. The number of hydrogen-bond acceptors (Lipinski definition) is 2. The molecular weight excluding hydrogens is 287 g/mol. The van der Waals surface area contributed by atoms with Gasteiger partial charge in [0.05, 0.1) is 12.9 Å². The zero-order valence-corrected chi connectivity index (χ0v) is 10.7. The number of rotatable bonds is 2. The highest BCUT2D eigenvalue weighted by atomic mass is 79.9. The van der Waals surface area contributed by atoms with Crippen LogP contribution in [0.3, 0.4) is 0 Å². The van der Waals surface area contributed by atoms with E-state index >= 15 is 0 Å². The summed E-state index contributed by atoms with van der Waals surface area (Å²) in [5, 5.41) is 0. The summed E-state index contributed by atoms with van der Waals surface area (Å²) < 4.78 is 15.6. The summed E-state index contributed by atoms with van der Waals surface area (Å²) in [5.41, 5.74) is 0.909. The van der Waals surface area contributed by atoms with E-state index in [4.69, 9.17) is 0 Å². The molecule has 5 heteroatoms. The van der Waals surface area contributed by atoms with Crippen LogP contribution in [-0.4, -0.2) is 9.55 Å². The second kappa shape index (κ2) is 4.79. The van der Waals surface area contributed by atoms with Crippen molar-refractivity contribution in [1.29, 1.82) is 0 Å². The third kappa shape index (κ3) is 2.61. The van der Waals surface area contributed by atoms with E-state index in [9.17, 15) is 9.18 Å². The molecule has 0 saturated carbocycles. The molecule has 3 nitrogen and oxygen atoms in total. The zero-order valence-electron chi connectivity index (χ0n) is 9.15. The van der Waals surface area contributed by atoms with Crippen molar-refractivity contribution in [3.05, 3.63) is 62.5 Å². The van der Waals surface area contributed by atoms with Crippen LogP contribution in [0.4, 0.5) is 4.39 Å². The molecule has 0 unspecified atom stereocenters. The summed E-state index contributed by atoms with van der Waals surface area (Å²) in [4.78, 5) is 15.7. The van der Waals surface area contributed by atoms with E-state index in [2.05, 4.69) is 20.9 Å². The summed E-state index contributed by atoms with van der Waals surface area (Å²) >= 11 is 3.27. The average molecular weight is 297 g/mol. The molecule has 0 amide bonds. The Balaban J connectivity index is 2.42. The maximum absolute atomic E-state index is 13.6. The van der Waals surface area contributed by atoms with Gasteiger partial charge in [0.2, 0.25) is 0 Å². The van der Waals surface area contributed by atoms with Gasteiger partial charge in [-0.1, -0.05) is 22.0 Å². The van der Waals surface area contributed by atoms with Crippen molar-refractivity contribution in [3.63, 3.8) is 0 Å². The molecule has 1 aromatic heterocycles. The number of hydrogen-bond donors (Lipinski definition) is 0. The van der Waals surface area contributed by atoms with Crippen LogP contribution < -0.4 is 5.56 Å².